The maximum atomic E-state index is 13.3. The Morgan fingerprint density at radius 1 is 1.31 bits per heavy atom. The van der Waals surface area contributed by atoms with E-state index in [0.29, 0.717) is 73.3 Å². The number of ether oxygens (including phenoxy) is 1. The molecule has 2 aliphatic rings. The van der Waals surface area contributed by atoms with Gasteiger partial charge in [0.2, 0.25) is 15.9 Å². The molecule has 14 heteroatoms. The van der Waals surface area contributed by atoms with Crippen molar-refractivity contribution in [2.24, 2.45) is 0 Å². The fraction of sp³-hybridized carbons (Fsp3) is 0.480. The summed E-state index contributed by atoms with van der Waals surface area (Å²) in [6.07, 6.45) is 8.10. The maximum Gasteiger partial charge on any atom is 0.280 e. The lowest BCUT2D eigenvalue weighted by Crippen LogP contribution is -2.39. The van der Waals surface area contributed by atoms with Crippen LogP contribution >= 0.6 is 11.3 Å². The van der Waals surface area contributed by atoms with Crippen LogP contribution in [-0.2, 0) is 10.0 Å². The zero-order valence-electron chi connectivity index (χ0n) is 21.7. The van der Waals surface area contributed by atoms with E-state index in [1.54, 1.807) is 31.5 Å². The minimum atomic E-state index is -3.45. The molecule has 1 saturated carbocycles. The molecule has 2 fully saturated rings. The number of sulfonamides is 1. The second-order valence-electron chi connectivity index (χ2n) is 10.0. The Labute approximate surface area is 230 Å². The molecule has 0 unspecified atom stereocenters. The zero-order chi connectivity index (χ0) is 27.6. The summed E-state index contributed by atoms with van der Waals surface area (Å²) in [5.41, 5.74) is 0.623. The van der Waals surface area contributed by atoms with Crippen molar-refractivity contribution in [3.05, 3.63) is 47.6 Å². The van der Waals surface area contributed by atoms with Crippen molar-refractivity contribution in [1.82, 2.24) is 30.2 Å². The summed E-state index contributed by atoms with van der Waals surface area (Å²) >= 11 is 1.17. The predicted octanol–water partition coefficient (Wildman–Crippen LogP) is 2.23. The molecule has 0 bridgehead atoms. The lowest BCUT2D eigenvalue weighted by Gasteiger charge is -2.25. The standard InChI is InChI=1S/C25H31N7O5S2/c1-3-37-22-13-26-11-19(29-22)21-12-28-24(38-21)23(33)30-20(14-32-9-7-25(2,34)15-32)18-10-16(6-8-27-18)31-39(35,36)17-4-5-17/h6,8,10-13,17,20,34H,3-5,7,9,14-15H2,1-2H3,(H,27,31)(H,30,33)/t20-,25-/m1/s1. The number of carbonyl (C=O) groups is 1. The van der Waals surface area contributed by atoms with Crippen LogP contribution in [0.5, 0.6) is 5.88 Å². The summed E-state index contributed by atoms with van der Waals surface area (Å²) in [6.45, 7) is 5.59. The molecule has 208 valence electrons. The van der Waals surface area contributed by atoms with Crippen LogP contribution in [0.1, 0.15) is 54.6 Å². The Morgan fingerprint density at radius 3 is 2.85 bits per heavy atom. The number of hydrogen-bond acceptors (Lipinski definition) is 11. The highest BCUT2D eigenvalue weighted by atomic mass is 32.2. The second kappa shape index (κ2) is 11.1. The van der Waals surface area contributed by atoms with Gasteiger partial charge in [0, 0.05) is 32.0 Å². The molecule has 39 heavy (non-hydrogen) atoms. The number of rotatable bonds is 11. The van der Waals surface area contributed by atoms with E-state index in [0.717, 1.165) is 0 Å². The summed E-state index contributed by atoms with van der Waals surface area (Å²) in [5, 5.41) is 13.3. The third kappa shape index (κ3) is 6.87. The molecule has 3 aromatic rings. The molecule has 1 saturated heterocycles. The molecule has 2 atom stereocenters. The molecule has 0 spiro atoms. The van der Waals surface area contributed by atoms with Crippen LogP contribution in [0.2, 0.25) is 0 Å². The molecule has 5 rings (SSSR count). The van der Waals surface area contributed by atoms with Crippen molar-refractivity contribution < 1.29 is 23.1 Å². The quantitative estimate of drug-likeness (QED) is 0.310. The fourth-order valence-corrected chi connectivity index (χ4v) is 6.55. The second-order valence-corrected chi connectivity index (χ2v) is 13.0. The summed E-state index contributed by atoms with van der Waals surface area (Å²) in [6, 6.07) is 2.65. The number of likely N-dealkylation sites (tertiary alicyclic amines) is 1. The number of aliphatic hydroxyl groups is 1. The van der Waals surface area contributed by atoms with Crippen molar-refractivity contribution in [1.29, 1.82) is 0 Å². The lowest BCUT2D eigenvalue weighted by atomic mass is 10.1. The van der Waals surface area contributed by atoms with Gasteiger partial charge in [0.1, 0.15) is 5.69 Å². The van der Waals surface area contributed by atoms with Gasteiger partial charge in [-0.3, -0.25) is 24.4 Å². The number of hydrogen-bond donors (Lipinski definition) is 3. The largest absolute Gasteiger partial charge is 0.477 e. The Kier molecular flexibility index (Phi) is 7.80. The Bertz CT molecular complexity index is 1440. The molecule has 1 amide bonds. The summed E-state index contributed by atoms with van der Waals surface area (Å²) < 4.78 is 33.0. The first kappa shape index (κ1) is 27.4. The topological polar surface area (TPSA) is 160 Å². The highest BCUT2D eigenvalue weighted by Gasteiger charge is 2.36. The first-order valence-corrected chi connectivity index (χ1v) is 15.1. The third-order valence-corrected chi connectivity index (χ3v) is 9.38. The van der Waals surface area contributed by atoms with Crippen LogP contribution < -0.4 is 14.8 Å². The number of amides is 1. The number of aromatic nitrogens is 4. The SMILES string of the molecule is CCOc1cncc(-c2cnc(C(=O)N[C@H](CN3CC[C@@](C)(O)C3)c3cc(NS(=O)(=O)C4CC4)ccn3)s2)n1. The number of β-amino-alcohol motifs (C(OH)–C–C–N with tert-alkyl or cyclic N) is 1. The van der Waals surface area contributed by atoms with Gasteiger partial charge in [0.25, 0.3) is 5.91 Å². The van der Waals surface area contributed by atoms with E-state index in [4.69, 9.17) is 4.74 Å². The van der Waals surface area contributed by atoms with Crippen molar-refractivity contribution >= 4 is 33.0 Å². The van der Waals surface area contributed by atoms with E-state index in [-0.39, 0.29) is 10.3 Å². The van der Waals surface area contributed by atoms with E-state index >= 15 is 0 Å². The first-order chi connectivity index (χ1) is 18.6. The predicted molar refractivity (Wildman–Crippen MR) is 146 cm³/mol. The van der Waals surface area contributed by atoms with E-state index in [9.17, 15) is 18.3 Å². The molecule has 1 aliphatic heterocycles. The number of nitrogens with one attached hydrogen (secondary N) is 2. The molecule has 0 radical (unpaired) electrons. The molecule has 3 N–H and O–H groups in total. The first-order valence-electron chi connectivity index (χ1n) is 12.8. The number of carbonyl (C=O) groups excluding carboxylic acids is 1. The summed E-state index contributed by atoms with van der Waals surface area (Å²) in [7, 11) is -3.45. The van der Waals surface area contributed by atoms with Crippen LogP contribution in [0.4, 0.5) is 5.69 Å². The molecule has 12 nitrogen and oxygen atoms in total. The van der Waals surface area contributed by atoms with Gasteiger partial charge in [-0.15, -0.1) is 11.3 Å². The number of thiazole rings is 1. The minimum absolute atomic E-state index is 0.234. The van der Waals surface area contributed by atoms with Gasteiger partial charge >= 0.3 is 0 Å². The smallest absolute Gasteiger partial charge is 0.280 e. The van der Waals surface area contributed by atoms with Crippen molar-refractivity contribution in [2.75, 3.05) is 31.0 Å². The number of anilines is 1. The van der Waals surface area contributed by atoms with Gasteiger partial charge in [-0.2, -0.15) is 0 Å². The monoisotopic (exact) mass is 573 g/mol. The molecule has 4 heterocycles. The van der Waals surface area contributed by atoms with E-state index in [1.807, 2.05) is 6.92 Å². The number of nitrogens with zero attached hydrogens (tertiary/aromatic N) is 5. The zero-order valence-corrected chi connectivity index (χ0v) is 23.3. The average molecular weight is 574 g/mol. The van der Waals surface area contributed by atoms with E-state index in [1.165, 1.54) is 23.7 Å². The molecular weight excluding hydrogens is 542 g/mol. The maximum absolute atomic E-state index is 13.3. The number of pyridine rings is 1. The van der Waals surface area contributed by atoms with Crippen LogP contribution in [0.3, 0.4) is 0 Å². The molecular formula is C25H31N7O5S2. The van der Waals surface area contributed by atoms with Crippen LogP contribution in [-0.4, -0.2) is 81.4 Å². The average Bonchev–Trinajstić information content (AvgIpc) is 3.55. The Morgan fingerprint density at radius 2 is 2.13 bits per heavy atom. The fourth-order valence-electron chi connectivity index (χ4n) is 4.40. The molecule has 3 aromatic heterocycles. The van der Waals surface area contributed by atoms with Crippen molar-refractivity contribution in [2.45, 2.75) is 50.0 Å². The van der Waals surface area contributed by atoms with Gasteiger partial charge in [-0.05, 0) is 45.2 Å². The van der Waals surface area contributed by atoms with Crippen molar-refractivity contribution in [3.63, 3.8) is 0 Å². The molecule has 0 aromatic carbocycles. The van der Waals surface area contributed by atoms with Crippen LogP contribution in [0.25, 0.3) is 10.6 Å². The summed E-state index contributed by atoms with van der Waals surface area (Å²) in [4.78, 5) is 33.3. The lowest BCUT2D eigenvalue weighted by molar-refractivity contribution is 0.0671. The third-order valence-electron chi connectivity index (χ3n) is 6.50. The van der Waals surface area contributed by atoms with Gasteiger partial charge in [-0.25, -0.2) is 18.4 Å². The van der Waals surface area contributed by atoms with Gasteiger partial charge in [0.15, 0.2) is 5.01 Å². The normalized spacial score (nSPS) is 20.5. The van der Waals surface area contributed by atoms with Gasteiger partial charge < -0.3 is 15.2 Å². The minimum Gasteiger partial charge on any atom is -0.477 e. The van der Waals surface area contributed by atoms with Crippen LogP contribution in [0, 0.1) is 0 Å². The van der Waals surface area contributed by atoms with Crippen LogP contribution in [0.15, 0.2) is 36.9 Å². The highest BCUT2D eigenvalue weighted by molar-refractivity contribution is 7.93. The van der Waals surface area contributed by atoms with Gasteiger partial charge in [0.05, 0.1) is 52.2 Å². The van der Waals surface area contributed by atoms with E-state index < -0.39 is 27.6 Å². The highest BCUT2D eigenvalue weighted by Crippen LogP contribution is 2.31. The summed E-state index contributed by atoms with van der Waals surface area (Å²) in [5.74, 6) is -0.0129. The van der Waals surface area contributed by atoms with Gasteiger partial charge in [-0.1, -0.05) is 0 Å². The molecule has 1 aliphatic carbocycles. The Hall–Kier alpha value is -3.20. The Balaban J connectivity index is 1.36. The van der Waals surface area contributed by atoms with Crippen molar-refractivity contribution in [3.8, 4) is 16.5 Å². The van der Waals surface area contributed by atoms with E-state index in [2.05, 4.69) is 34.9 Å².